The summed E-state index contributed by atoms with van der Waals surface area (Å²) < 4.78 is 0. The van der Waals surface area contributed by atoms with Crippen molar-refractivity contribution in [3.8, 4) is 21.6 Å². The molecule has 0 radical (unpaired) electrons. The van der Waals surface area contributed by atoms with Crippen LogP contribution in [0.25, 0.3) is 0 Å². The number of hydrogen-bond donors (Lipinski definition) is 0. The Hall–Kier alpha value is -1.82. The van der Waals surface area contributed by atoms with Crippen LogP contribution in [0.4, 0.5) is 0 Å². The van der Waals surface area contributed by atoms with E-state index in [9.17, 15) is 0 Å². The monoisotopic (exact) mass is 164 g/mol. The van der Waals surface area contributed by atoms with E-state index in [-0.39, 0.29) is 0 Å². The Morgan fingerprint density at radius 1 is 0.909 bits per heavy atom. The lowest BCUT2D eigenvalue weighted by Crippen LogP contribution is -1.97. The van der Waals surface area contributed by atoms with Gasteiger partial charge in [-0.05, 0) is 12.3 Å². The summed E-state index contributed by atoms with van der Waals surface area (Å²) in [5.41, 5.74) is 0. The minimum absolute atomic E-state index is 1.09. The van der Waals surface area contributed by atoms with Crippen molar-refractivity contribution in [2.75, 3.05) is 0 Å². The molecule has 0 atom stereocenters. The highest BCUT2D eigenvalue weighted by Crippen LogP contribution is 2.53. The highest BCUT2D eigenvalue weighted by Gasteiger charge is 2.31. The molecule has 0 bridgehead atoms. The van der Waals surface area contributed by atoms with Gasteiger partial charge in [0.2, 0.25) is 0 Å². The first-order valence-corrected chi connectivity index (χ1v) is 4.63. The Labute approximate surface area is 64.4 Å². The van der Waals surface area contributed by atoms with Crippen LogP contribution < -0.4 is 0 Å². The molecule has 0 aliphatic heterocycles. The van der Waals surface area contributed by atoms with Crippen LogP contribution in [-0.2, 0) is 0 Å². The maximum atomic E-state index is 8.53. The van der Waals surface area contributed by atoms with Crippen molar-refractivity contribution in [2.45, 2.75) is 6.92 Å². The maximum Gasteiger partial charge on any atom is 0.147 e. The van der Waals surface area contributed by atoms with E-state index in [2.05, 4.69) is 0 Å². The molecule has 0 rings (SSSR count). The number of nitriles is 4. The molecule has 11 heavy (non-hydrogen) atoms. The molecule has 0 fully saturated rings. The molecule has 0 unspecified atom stereocenters. The van der Waals surface area contributed by atoms with Gasteiger partial charge in [-0.2, -0.15) is 21.0 Å². The van der Waals surface area contributed by atoms with Gasteiger partial charge in [0.15, 0.2) is 0 Å². The molecule has 0 aliphatic rings. The zero-order chi connectivity index (χ0) is 8.98. The predicted molar refractivity (Wildman–Crippen MR) is 41.8 cm³/mol. The normalized spacial score (nSPS) is 11.9. The van der Waals surface area contributed by atoms with Gasteiger partial charge >= 0.3 is 0 Å². The average Bonchev–Trinajstić information content (AvgIpc) is 2.12. The predicted octanol–water partition coefficient (Wildman–Crippen LogP) is 1.07. The Bertz CT molecular complexity index is 326. The third kappa shape index (κ3) is 0.945. The molecule has 0 spiro atoms. The van der Waals surface area contributed by atoms with Crippen LogP contribution in [0.1, 0.15) is 6.92 Å². The number of nitrogens with zero attached hydrogens (tertiary/aromatic N) is 4. The van der Waals surface area contributed by atoms with Crippen molar-refractivity contribution < 1.29 is 0 Å². The van der Waals surface area contributed by atoms with Crippen molar-refractivity contribution in [3.05, 3.63) is 0 Å². The fraction of sp³-hybridized carbons (Fsp3) is 0.167. The largest absolute Gasteiger partial charge is 0.184 e. The molecule has 0 amide bonds. The molecule has 0 aromatic carbocycles. The van der Waals surface area contributed by atoms with Gasteiger partial charge in [-0.1, -0.05) is 0 Å². The van der Waals surface area contributed by atoms with E-state index in [4.69, 9.17) is 21.0 Å². The molecule has 5 heteroatoms. The SMILES string of the molecule is CC=S(C#N)(C#N)(C#N)C#N. The standard InChI is InChI=1S/C6H4N4S/c1-2-11(3-7,4-8,5-9)6-10/h2H,1H3. The molecule has 4 nitrogen and oxygen atoms in total. The Morgan fingerprint density at radius 3 is 1.18 bits per heavy atom. The van der Waals surface area contributed by atoms with E-state index >= 15 is 0 Å². The minimum Gasteiger partial charge on any atom is -0.184 e. The maximum absolute atomic E-state index is 8.53. The fourth-order valence-corrected chi connectivity index (χ4v) is 1.000. The summed E-state index contributed by atoms with van der Waals surface area (Å²) in [6.07, 6.45) is 0. The molecular formula is C6H4N4S. The summed E-state index contributed by atoms with van der Waals surface area (Å²) in [5.74, 6) is 0. The van der Waals surface area contributed by atoms with Gasteiger partial charge in [0.1, 0.15) is 21.6 Å². The van der Waals surface area contributed by atoms with E-state index in [0.29, 0.717) is 0 Å². The quantitative estimate of drug-likeness (QED) is 0.395. The van der Waals surface area contributed by atoms with Crippen LogP contribution in [-0.4, -0.2) is 5.37 Å². The van der Waals surface area contributed by atoms with E-state index in [1.807, 2.05) is 0 Å². The molecule has 0 N–H and O–H groups in total. The van der Waals surface area contributed by atoms with Crippen LogP contribution in [0, 0.1) is 42.7 Å². The minimum atomic E-state index is -3.83. The van der Waals surface area contributed by atoms with Crippen molar-refractivity contribution in [2.24, 2.45) is 0 Å². The van der Waals surface area contributed by atoms with Gasteiger partial charge in [0.25, 0.3) is 0 Å². The molecule has 0 aromatic heterocycles. The second-order valence-electron chi connectivity index (χ2n) is 1.68. The number of thiocyanates is 4. The van der Waals surface area contributed by atoms with Crippen molar-refractivity contribution in [1.29, 1.82) is 21.0 Å². The van der Waals surface area contributed by atoms with Crippen LogP contribution in [0.15, 0.2) is 0 Å². The Kier molecular flexibility index (Phi) is 2.03. The van der Waals surface area contributed by atoms with Crippen molar-refractivity contribution in [3.63, 3.8) is 0 Å². The fourth-order valence-electron chi connectivity index (χ4n) is 0.333. The lowest BCUT2D eigenvalue weighted by atomic mass is 11.0. The van der Waals surface area contributed by atoms with Gasteiger partial charge in [0.05, 0.1) is 8.75 Å². The molecule has 0 saturated heterocycles. The summed E-state index contributed by atoms with van der Waals surface area (Å²) >= 11 is 0. The zero-order valence-electron chi connectivity index (χ0n) is 5.77. The van der Waals surface area contributed by atoms with Crippen LogP contribution >= 0.6 is 8.75 Å². The molecular weight excluding hydrogens is 160 g/mol. The number of hydrogen-bond acceptors (Lipinski definition) is 4. The van der Waals surface area contributed by atoms with E-state index < -0.39 is 8.75 Å². The first-order valence-electron chi connectivity index (χ1n) is 2.52. The van der Waals surface area contributed by atoms with Gasteiger partial charge in [-0.25, -0.2) is 0 Å². The second-order valence-corrected chi connectivity index (χ2v) is 5.05. The second kappa shape index (κ2) is 2.43. The first-order chi connectivity index (χ1) is 5.12. The zero-order valence-corrected chi connectivity index (χ0v) is 6.59. The average molecular weight is 164 g/mol. The van der Waals surface area contributed by atoms with Gasteiger partial charge in [0, 0.05) is 0 Å². The lowest BCUT2D eigenvalue weighted by Gasteiger charge is -2.13. The van der Waals surface area contributed by atoms with Gasteiger partial charge in [-0.3, -0.25) is 0 Å². The molecule has 0 aromatic rings. The van der Waals surface area contributed by atoms with Gasteiger partial charge < -0.3 is 0 Å². The van der Waals surface area contributed by atoms with Crippen molar-refractivity contribution >= 4 is 14.1 Å². The molecule has 0 aliphatic carbocycles. The van der Waals surface area contributed by atoms with E-state index in [1.54, 1.807) is 0 Å². The molecule has 0 saturated carbocycles. The third-order valence-corrected chi connectivity index (χ3v) is 3.69. The van der Waals surface area contributed by atoms with E-state index in [1.165, 1.54) is 28.5 Å². The third-order valence-electron chi connectivity index (χ3n) is 1.23. The Balaban J connectivity index is 6.10. The van der Waals surface area contributed by atoms with Crippen molar-refractivity contribution in [1.82, 2.24) is 0 Å². The topological polar surface area (TPSA) is 95.2 Å². The Morgan fingerprint density at radius 2 is 1.18 bits per heavy atom. The summed E-state index contributed by atoms with van der Waals surface area (Å²) in [7, 11) is -3.83. The summed E-state index contributed by atoms with van der Waals surface area (Å²) in [6.45, 7) is 1.38. The summed E-state index contributed by atoms with van der Waals surface area (Å²) in [5, 5.41) is 41.2. The summed E-state index contributed by atoms with van der Waals surface area (Å²) in [6, 6.07) is 0. The lowest BCUT2D eigenvalue weighted by molar-refractivity contribution is 1.53. The van der Waals surface area contributed by atoms with E-state index in [0.717, 1.165) is 5.37 Å². The summed E-state index contributed by atoms with van der Waals surface area (Å²) in [4.78, 5) is 0. The van der Waals surface area contributed by atoms with Crippen LogP contribution in [0.5, 0.6) is 0 Å². The van der Waals surface area contributed by atoms with Crippen LogP contribution in [0.2, 0.25) is 0 Å². The highest BCUT2D eigenvalue weighted by molar-refractivity contribution is 8.60. The number of rotatable bonds is 0. The highest BCUT2D eigenvalue weighted by atomic mass is 32.3. The molecule has 0 heterocycles. The smallest absolute Gasteiger partial charge is 0.147 e. The van der Waals surface area contributed by atoms with Crippen LogP contribution in [0.3, 0.4) is 0 Å². The first kappa shape index (κ1) is 9.18. The molecule has 54 valence electrons. The van der Waals surface area contributed by atoms with Gasteiger partial charge in [-0.15, -0.1) is 0 Å².